The maximum atomic E-state index is 11.6. The molecule has 0 amide bonds. The van der Waals surface area contributed by atoms with Gasteiger partial charge in [0.1, 0.15) is 5.75 Å². The second kappa shape index (κ2) is 4.39. The number of carbonyl (C=O) groups excluding carboxylic acids is 1. The van der Waals surface area contributed by atoms with E-state index < -0.39 is 0 Å². The van der Waals surface area contributed by atoms with Gasteiger partial charge < -0.3 is 9.47 Å². The summed E-state index contributed by atoms with van der Waals surface area (Å²) in [6, 6.07) is 5.75. The van der Waals surface area contributed by atoms with Gasteiger partial charge in [0.25, 0.3) is 0 Å². The fourth-order valence-electron chi connectivity index (χ4n) is 1.96. The predicted molar refractivity (Wildman–Crippen MR) is 61.4 cm³/mol. The third-order valence-corrected chi connectivity index (χ3v) is 2.82. The predicted octanol–water partition coefficient (Wildman–Crippen LogP) is 2.37. The number of hydrogen-bond acceptors (Lipinski definition) is 3. The first kappa shape index (κ1) is 10.7. The summed E-state index contributed by atoms with van der Waals surface area (Å²) in [7, 11) is 3.04. The fourth-order valence-corrected chi connectivity index (χ4v) is 1.96. The van der Waals surface area contributed by atoms with Crippen molar-refractivity contribution in [1.29, 1.82) is 0 Å². The zero-order valence-electron chi connectivity index (χ0n) is 9.40. The van der Waals surface area contributed by atoms with Crippen molar-refractivity contribution < 1.29 is 14.3 Å². The molecule has 84 valence electrons. The van der Waals surface area contributed by atoms with Gasteiger partial charge in [-0.3, -0.25) is 4.79 Å². The van der Waals surface area contributed by atoms with Gasteiger partial charge in [0.05, 0.1) is 20.1 Å². The molecule has 1 atom stereocenters. The molecule has 0 aliphatic heterocycles. The van der Waals surface area contributed by atoms with Crippen LogP contribution < -0.4 is 4.74 Å². The van der Waals surface area contributed by atoms with Crippen LogP contribution in [-0.4, -0.2) is 20.2 Å². The van der Waals surface area contributed by atoms with Crippen LogP contribution in [0.4, 0.5) is 0 Å². The van der Waals surface area contributed by atoms with E-state index in [1.165, 1.54) is 7.11 Å². The van der Waals surface area contributed by atoms with Gasteiger partial charge in [-0.15, -0.1) is 0 Å². The maximum Gasteiger partial charge on any atom is 0.313 e. The summed E-state index contributed by atoms with van der Waals surface area (Å²) in [6.07, 6.45) is 4.71. The van der Waals surface area contributed by atoms with Crippen LogP contribution in [-0.2, 0) is 9.53 Å². The summed E-state index contributed by atoms with van der Waals surface area (Å²) in [4.78, 5) is 11.6. The summed E-state index contributed by atoms with van der Waals surface area (Å²) in [5, 5.41) is 0. The number of hydrogen-bond donors (Lipinski definition) is 0. The summed E-state index contributed by atoms with van der Waals surface area (Å²) in [5.74, 6) is 0.363. The minimum absolute atomic E-state index is 0.196. The molecule has 3 heteroatoms. The second-order valence-electron chi connectivity index (χ2n) is 3.71. The van der Waals surface area contributed by atoms with Crippen LogP contribution in [0.25, 0.3) is 6.08 Å². The molecule has 1 unspecified atom stereocenters. The normalized spacial score (nSPS) is 17.8. The van der Waals surface area contributed by atoms with Crippen molar-refractivity contribution in [2.75, 3.05) is 14.2 Å². The number of allylic oxidation sites excluding steroid dienone is 1. The Morgan fingerprint density at radius 1 is 1.38 bits per heavy atom. The fraction of sp³-hybridized carbons (Fsp3) is 0.308. The van der Waals surface area contributed by atoms with Crippen molar-refractivity contribution in [2.24, 2.45) is 0 Å². The van der Waals surface area contributed by atoms with E-state index >= 15 is 0 Å². The maximum absolute atomic E-state index is 11.6. The van der Waals surface area contributed by atoms with E-state index in [4.69, 9.17) is 9.47 Å². The zero-order chi connectivity index (χ0) is 11.5. The molecular formula is C13H14O3. The second-order valence-corrected chi connectivity index (χ2v) is 3.71. The number of rotatable bonds is 2. The molecule has 1 aromatic carbocycles. The summed E-state index contributed by atoms with van der Waals surface area (Å²) >= 11 is 0. The largest absolute Gasteiger partial charge is 0.497 e. The minimum atomic E-state index is -0.208. The Labute approximate surface area is 94.7 Å². The lowest BCUT2D eigenvalue weighted by Gasteiger charge is -2.20. The number of benzene rings is 1. The smallest absolute Gasteiger partial charge is 0.313 e. The van der Waals surface area contributed by atoms with E-state index in [1.807, 2.05) is 30.4 Å². The molecule has 1 aliphatic carbocycles. The SMILES string of the molecule is COC(=O)C1CC=Cc2ccc(OC)cc21. The third-order valence-electron chi connectivity index (χ3n) is 2.82. The van der Waals surface area contributed by atoms with Crippen LogP contribution in [0.5, 0.6) is 5.75 Å². The molecule has 3 nitrogen and oxygen atoms in total. The molecule has 1 aliphatic rings. The first-order valence-corrected chi connectivity index (χ1v) is 5.18. The van der Waals surface area contributed by atoms with Gasteiger partial charge in [-0.05, 0) is 29.7 Å². The number of ether oxygens (including phenoxy) is 2. The molecule has 0 saturated carbocycles. The van der Waals surface area contributed by atoms with Gasteiger partial charge in [0.2, 0.25) is 0 Å². The quantitative estimate of drug-likeness (QED) is 0.715. The number of fused-ring (bicyclic) bond motifs is 1. The molecule has 0 saturated heterocycles. The van der Waals surface area contributed by atoms with Gasteiger partial charge in [-0.1, -0.05) is 18.2 Å². The first-order valence-electron chi connectivity index (χ1n) is 5.18. The van der Waals surface area contributed by atoms with E-state index in [-0.39, 0.29) is 11.9 Å². The molecule has 0 spiro atoms. The number of carbonyl (C=O) groups is 1. The molecular weight excluding hydrogens is 204 g/mol. The topological polar surface area (TPSA) is 35.5 Å². The standard InChI is InChI=1S/C13H14O3/c1-15-10-7-6-9-4-3-5-11(12(9)8-10)13(14)16-2/h3-4,6-8,11H,5H2,1-2H3. The van der Waals surface area contributed by atoms with E-state index in [2.05, 4.69) is 0 Å². The zero-order valence-corrected chi connectivity index (χ0v) is 9.40. The average Bonchev–Trinajstić information content (AvgIpc) is 2.36. The Morgan fingerprint density at radius 2 is 2.19 bits per heavy atom. The Kier molecular flexibility index (Phi) is 2.95. The Morgan fingerprint density at radius 3 is 2.88 bits per heavy atom. The molecule has 0 aromatic heterocycles. The van der Waals surface area contributed by atoms with Crippen LogP contribution >= 0.6 is 0 Å². The molecule has 0 N–H and O–H groups in total. The highest BCUT2D eigenvalue weighted by Gasteiger charge is 2.25. The third kappa shape index (κ3) is 1.81. The highest BCUT2D eigenvalue weighted by Crippen LogP contribution is 2.33. The Bertz CT molecular complexity index is 435. The highest BCUT2D eigenvalue weighted by atomic mass is 16.5. The van der Waals surface area contributed by atoms with E-state index in [0.717, 1.165) is 16.9 Å². The van der Waals surface area contributed by atoms with Crippen LogP contribution in [0.1, 0.15) is 23.5 Å². The summed E-state index contributed by atoms with van der Waals surface area (Å²) in [5.41, 5.74) is 2.04. The van der Waals surface area contributed by atoms with Crippen molar-refractivity contribution in [3.8, 4) is 5.75 Å². The van der Waals surface area contributed by atoms with E-state index in [0.29, 0.717) is 6.42 Å². The molecule has 1 aromatic rings. The van der Waals surface area contributed by atoms with Crippen molar-refractivity contribution in [2.45, 2.75) is 12.3 Å². The average molecular weight is 218 g/mol. The van der Waals surface area contributed by atoms with Crippen LogP contribution in [0, 0.1) is 0 Å². The lowest BCUT2D eigenvalue weighted by atomic mass is 9.87. The van der Waals surface area contributed by atoms with Crippen molar-refractivity contribution >= 4 is 12.0 Å². The molecule has 0 bridgehead atoms. The van der Waals surface area contributed by atoms with Crippen molar-refractivity contribution in [1.82, 2.24) is 0 Å². The molecule has 0 fully saturated rings. The van der Waals surface area contributed by atoms with Gasteiger partial charge in [-0.25, -0.2) is 0 Å². The van der Waals surface area contributed by atoms with E-state index in [9.17, 15) is 4.79 Å². The van der Waals surface area contributed by atoms with Gasteiger partial charge in [0, 0.05) is 0 Å². The highest BCUT2D eigenvalue weighted by molar-refractivity contribution is 5.82. The van der Waals surface area contributed by atoms with Gasteiger partial charge in [0.15, 0.2) is 0 Å². The van der Waals surface area contributed by atoms with E-state index in [1.54, 1.807) is 7.11 Å². The number of esters is 1. The van der Waals surface area contributed by atoms with Crippen molar-refractivity contribution in [3.05, 3.63) is 35.4 Å². The summed E-state index contributed by atoms with van der Waals surface area (Å²) in [6.45, 7) is 0. The van der Waals surface area contributed by atoms with Crippen molar-refractivity contribution in [3.63, 3.8) is 0 Å². The first-order chi connectivity index (χ1) is 7.76. The molecule has 2 rings (SSSR count). The Hall–Kier alpha value is -1.77. The number of methoxy groups -OCH3 is 2. The summed E-state index contributed by atoms with van der Waals surface area (Å²) < 4.78 is 9.97. The minimum Gasteiger partial charge on any atom is -0.497 e. The van der Waals surface area contributed by atoms with Gasteiger partial charge >= 0.3 is 5.97 Å². The molecule has 16 heavy (non-hydrogen) atoms. The monoisotopic (exact) mass is 218 g/mol. The van der Waals surface area contributed by atoms with Crippen LogP contribution in [0.2, 0.25) is 0 Å². The van der Waals surface area contributed by atoms with Gasteiger partial charge in [-0.2, -0.15) is 0 Å². The molecule has 0 radical (unpaired) electrons. The Balaban J connectivity index is 2.43. The van der Waals surface area contributed by atoms with Crippen LogP contribution in [0.15, 0.2) is 24.3 Å². The lowest BCUT2D eigenvalue weighted by molar-refractivity contribution is -0.142. The van der Waals surface area contributed by atoms with Crippen LogP contribution in [0.3, 0.4) is 0 Å². The molecule has 0 heterocycles. The lowest BCUT2D eigenvalue weighted by Crippen LogP contribution is -2.16.